The molecule has 0 spiro atoms. The highest BCUT2D eigenvalue weighted by Gasteiger charge is 2.24. The molecule has 5 heteroatoms. The van der Waals surface area contributed by atoms with E-state index in [1.807, 2.05) is 0 Å². The minimum atomic E-state index is -0.372. The average Bonchev–Trinajstić information content (AvgIpc) is 2.20. The van der Waals surface area contributed by atoms with Gasteiger partial charge in [0.05, 0.1) is 19.4 Å². The zero-order valence-electron chi connectivity index (χ0n) is 8.90. The monoisotopic (exact) mass is 201 g/mol. The van der Waals surface area contributed by atoms with Crippen molar-refractivity contribution in [1.82, 2.24) is 9.80 Å². The molecule has 0 bridgehead atoms. The maximum Gasteiger partial charge on any atom is 0.315 e. The molecular weight excluding hydrogens is 182 g/mol. The van der Waals surface area contributed by atoms with Crippen LogP contribution in [0.1, 0.15) is 13.3 Å². The highest BCUT2D eigenvalue weighted by atomic mass is 16.5. The van der Waals surface area contributed by atoms with Crippen LogP contribution >= 0.6 is 0 Å². The molecule has 1 fully saturated rings. The number of morpholine rings is 1. The standard InChI is InChI=1S/C9H19N3O2/c1-3-8(11(2)9(10)13)12-4-6-14-7-5-12/h8H,3-7H2,1-2H3,(H2,10,13). The molecule has 1 aliphatic rings. The van der Waals surface area contributed by atoms with E-state index in [9.17, 15) is 4.79 Å². The fraction of sp³-hybridized carbons (Fsp3) is 0.889. The summed E-state index contributed by atoms with van der Waals surface area (Å²) in [6.07, 6.45) is 0.996. The summed E-state index contributed by atoms with van der Waals surface area (Å²) in [5.74, 6) is 0. The van der Waals surface area contributed by atoms with Gasteiger partial charge >= 0.3 is 6.03 Å². The number of primary amides is 1. The van der Waals surface area contributed by atoms with Gasteiger partial charge in [0.25, 0.3) is 0 Å². The van der Waals surface area contributed by atoms with Crippen molar-refractivity contribution in [3.63, 3.8) is 0 Å². The van der Waals surface area contributed by atoms with Crippen LogP contribution in [0.3, 0.4) is 0 Å². The Morgan fingerprint density at radius 1 is 1.57 bits per heavy atom. The second-order valence-electron chi connectivity index (χ2n) is 3.49. The number of nitrogens with two attached hydrogens (primary N) is 1. The quantitative estimate of drug-likeness (QED) is 0.702. The van der Waals surface area contributed by atoms with Gasteiger partial charge in [0.15, 0.2) is 0 Å². The van der Waals surface area contributed by atoms with Crippen LogP contribution in [-0.4, -0.2) is 55.3 Å². The van der Waals surface area contributed by atoms with E-state index in [2.05, 4.69) is 11.8 Å². The molecule has 5 nitrogen and oxygen atoms in total. The molecule has 1 atom stereocenters. The van der Waals surface area contributed by atoms with Crippen LogP contribution in [0.4, 0.5) is 4.79 Å². The topological polar surface area (TPSA) is 58.8 Å². The van der Waals surface area contributed by atoms with Gasteiger partial charge in [0, 0.05) is 20.1 Å². The summed E-state index contributed by atoms with van der Waals surface area (Å²) in [4.78, 5) is 14.9. The van der Waals surface area contributed by atoms with Gasteiger partial charge in [0.2, 0.25) is 0 Å². The van der Waals surface area contributed by atoms with E-state index in [-0.39, 0.29) is 12.2 Å². The molecule has 2 N–H and O–H groups in total. The zero-order chi connectivity index (χ0) is 10.6. The number of amides is 2. The van der Waals surface area contributed by atoms with Gasteiger partial charge in [-0.05, 0) is 6.42 Å². The molecule has 1 unspecified atom stereocenters. The van der Waals surface area contributed by atoms with Crippen molar-refractivity contribution in [2.75, 3.05) is 33.4 Å². The van der Waals surface area contributed by atoms with Crippen molar-refractivity contribution < 1.29 is 9.53 Å². The summed E-state index contributed by atoms with van der Waals surface area (Å²) in [6, 6.07) is -0.372. The lowest BCUT2D eigenvalue weighted by molar-refractivity contribution is -0.0156. The van der Waals surface area contributed by atoms with Gasteiger partial charge in [-0.25, -0.2) is 4.79 Å². The average molecular weight is 201 g/mol. The summed E-state index contributed by atoms with van der Waals surface area (Å²) in [6.45, 7) is 5.28. The third-order valence-electron chi connectivity index (χ3n) is 2.63. The molecule has 0 aromatic rings. The Hall–Kier alpha value is -0.810. The Kier molecular flexibility index (Phi) is 4.16. The van der Waals surface area contributed by atoms with Crippen LogP contribution in [0.15, 0.2) is 0 Å². The summed E-state index contributed by atoms with van der Waals surface area (Å²) in [7, 11) is 1.74. The van der Waals surface area contributed by atoms with Gasteiger partial charge in [-0.2, -0.15) is 0 Å². The molecule has 14 heavy (non-hydrogen) atoms. The maximum atomic E-state index is 11.0. The number of hydrogen-bond acceptors (Lipinski definition) is 3. The summed E-state index contributed by atoms with van der Waals surface area (Å²) in [5.41, 5.74) is 5.25. The van der Waals surface area contributed by atoms with Crippen LogP contribution < -0.4 is 5.73 Å². The molecule has 0 aromatic carbocycles. The zero-order valence-corrected chi connectivity index (χ0v) is 8.90. The molecule has 1 aliphatic heterocycles. The van der Waals surface area contributed by atoms with Crippen molar-refractivity contribution >= 4 is 6.03 Å². The van der Waals surface area contributed by atoms with Crippen molar-refractivity contribution in [1.29, 1.82) is 0 Å². The molecule has 1 saturated heterocycles. The smallest absolute Gasteiger partial charge is 0.315 e. The molecule has 0 aliphatic carbocycles. The number of rotatable bonds is 3. The first-order valence-corrected chi connectivity index (χ1v) is 5.01. The third-order valence-corrected chi connectivity index (χ3v) is 2.63. The van der Waals surface area contributed by atoms with Crippen molar-refractivity contribution in [2.24, 2.45) is 5.73 Å². The summed E-state index contributed by atoms with van der Waals surface area (Å²) in [5, 5.41) is 0. The minimum absolute atomic E-state index is 0.108. The van der Waals surface area contributed by atoms with E-state index in [0.29, 0.717) is 0 Å². The molecule has 82 valence electrons. The fourth-order valence-electron chi connectivity index (χ4n) is 1.80. The predicted molar refractivity (Wildman–Crippen MR) is 53.8 cm³/mol. The van der Waals surface area contributed by atoms with Gasteiger partial charge in [-0.15, -0.1) is 0 Å². The Labute approximate surface area is 84.8 Å². The summed E-state index contributed by atoms with van der Waals surface area (Å²) >= 11 is 0. The Morgan fingerprint density at radius 2 is 2.14 bits per heavy atom. The Morgan fingerprint density at radius 3 is 2.57 bits per heavy atom. The maximum absolute atomic E-state index is 11.0. The van der Waals surface area contributed by atoms with E-state index < -0.39 is 0 Å². The first kappa shape index (κ1) is 11.3. The molecule has 0 saturated carbocycles. The lowest BCUT2D eigenvalue weighted by Crippen LogP contribution is -2.53. The molecule has 1 heterocycles. The van der Waals surface area contributed by atoms with E-state index in [1.165, 1.54) is 0 Å². The SMILES string of the molecule is CCC(N1CCOCC1)N(C)C(N)=O. The molecule has 1 rings (SSSR count). The molecule has 0 aromatic heterocycles. The highest BCUT2D eigenvalue weighted by Crippen LogP contribution is 2.10. The lowest BCUT2D eigenvalue weighted by Gasteiger charge is -2.38. The van der Waals surface area contributed by atoms with Crippen LogP contribution in [-0.2, 0) is 4.74 Å². The third kappa shape index (κ3) is 2.59. The first-order chi connectivity index (χ1) is 6.66. The normalized spacial score (nSPS) is 20.4. The Balaban J connectivity index is 2.55. The highest BCUT2D eigenvalue weighted by molar-refractivity contribution is 5.71. The van der Waals surface area contributed by atoms with Crippen LogP contribution in [0, 0.1) is 0 Å². The first-order valence-electron chi connectivity index (χ1n) is 5.01. The van der Waals surface area contributed by atoms with E-state index >= 15 is 0 Å². The minimum Gasteiger partial charge on any atom is -0.379 e. The molecular formula is C9H19N3O2. The van der Waals surface area contributed by atoms with Crippen molar-refractivity contribution in [3.05, 3.63) is 0 Å². The van der Waals surface area contributed by atoms with E-state index in [0.717, 1.165) is 32.7 Å². The van der Waals surface area contributed by atoms with Gasteiger partial charge < -0.3 is 15.4 Å². The Bertz CT molecular complexity index is 192. The van der Waals surface area contributed by atoms with Crippen molar-refractivity contribution in [2.45, 2.75) is 19.5 Å². The van der Waals surface area contributed by atoms with Crippen molar-refractivity contribution in [3.8, 4) is 0 Å². The number of nitrogens with zero attached hydrogens (tertiary/aromatic N) is 2. The number of urea groups is 1. The van der Waals surface area contributed by atoms with Gasteiger partial charge in [-0.1, -0.05) is 6.92 Å². The summed E-state index contributed by atoms with van der Waals surface area (Å²) < 4.78 is 5.26. The van der Waals surface area contributed by atoms with Gasteiger partial charge in [0.1, 0.15) is 0 Å². The second-order valence-corrected chi connectivity index (χ2v) is 3.49. The fourth-order valence-corrected chi connectivity index (χ4v) is 1.80. The van der Waals surface area contributed by atoms with Crippen LogP contribution in [0.2, 0.25) is 0 Å². The number of carbonyl (C=O) groups is 1. The van der Waals surface area contributed by atoms with Crippen LogP contribution in [0.5, 0.6) is 0 Å². The molecule has 0 radical (unpaired) electrons. The van der Waals surface area contributed by atoms with Gasteiger partial charge in [-0.3, -0.25) is 4.90 Å². The molecule has 2 amide bonds. The van der Waals surface area contributed by atoms with Crippen LogP contribution in [0.25, 0.3) is 0 Å². The second kappa shape index (κ2) is 5.17. The number of ether oxygens (including phenoxy) is 1. The van der Waals surface area contributed by atoms with E-state index in [4.69, 9.17) is 10.5 Å². The number of carbonyl (C=O) groups excluding carboxylic acids is 1. The van der Waals surface area contributed by atoms with E-state index in [1.54, 1.807) is 11.9 Å². The number of hydrogen-bond donors (Lipinski definition) is 1. The predicted octanol–water partition coefficient (Wildman–Crippen LogP) is 0.0652. The largest absolute Gasteiger partial charge is 0.379 e. The lowest BCUT2D eigenvalue weighted by atomic mass is 10.2.